The van der Waals surface area contributed by atoms with Gasteiger partial charge in [-0.3, -0.25) is 9.59 Å². The molecule has 1 N–H and O–H groups in total. The van der Waals surface area contributed by atoms with Crippen molar-refractivity contribution >= 4 is 35.3 Å². The number of fused-ring (bicyclic) bond motifs is 1. The van der Waals surface area contributed by atoms with Gasteiger partial charge in [0, 0.05) is 4.90 Å². The van der Waals surface area contributed by atoms with Gasteiger partial charge in [0.15, 0.2) is 6.10 Å². The molecule has 1 aliphatic rings. The van der Waals surface area contributed by atoms with Crippen LogP contribution in [0.1, 0.15) is 13.3 Å². The van der Waals surface area contributed by atoms with E-state index < -0.39 is 23.3 Å². The van der Waals surface area contributed by atoms with Gasteiger partial charge in [-0.15, -0.1) is 11.8 Å². The highest BCUT2D eigenvalue weighted by Crippen LogP contribution is 2.36. The summed E-state index contributed by atoms with van der Waals surface area (Å²) in [5.41, 5.74) is 0.736. The molecule has 0 spiro atoms. The number of hydrogen-bond acceptors (Lipinski definition) is 6. The Morgan fingerprint density at radius 1 is 1.38 bits per heavy atom. The fourth-order valence-electron chi connectivity index (χ4n) is 1.84. The molecule has 1 amide bonds. The third kappa shape index (κ3) is 3.75. The number of nitrogens with one attached hydrogen (secondary N) is 1. The van der Waals surface area contributed by atoms with Gasteiger partial charge in [-0.05, 0) is 19.1 Å². The van der Waals surface area contributed by atoms with E-state index in [2.05, 4.69) is 10.1 Å². The summed E-state index contributed by atoms with van der Waals surface area (Å²) in [6.45, 7) is 1.42. The second kappa shape index (κ2) is 6.62. The Hall–Kier alpha value is -2.02. The number of benzene rings is 1. The molecule has 0 saturated carbocycles. The molecular weight excluding hydrogens is 294 g/mol. The van der Waals surface area contributed by atoms with Crippen molar-refractivity contribution in [1.82, 2.24) is 0 Å². The first-order valence-electron chi connectivity index (χ1n) is 6.35. The van der Waals surface area contributed by atoms with Crippen molar-refractivity contribution in [2.45, 2.75) is 29.6 Å². The Balaban J connectivity index is 1.96. The molecule has 1 heterocycles. The zero-order valence-corrected chi connectivity index (χ0v) is 12.4. The fourth-order valence-corrected chi connectivity index (χ4v) is 2.93. The van der Waals surface area contributed by atoms with Crippen LogP contribution >= 0.6 is 11.8 Å². The van der Waals surface area contributed by atoms with Crippen LogP contribution in [0.2, 0.25) is 0 Å². The second-order valence-corrected chi connectivity index (χ2v) is 5.70. The lowest BCUT2D eigenvalue weighted by atomic mass is 10.2. The predicted octanol–water partition coefficient (Wildman–Crippen LogP) is 1.59. The molecule has 21 heavy (non-hydrogen) atoms. The van der Waals surface area contributed by atoms with E-state index >= 15 is 0 Å². The molecule has 0 bridgehead atoms. The monoisotopic (exact) mass is 309 g/mol. The van der Waals surface area contributed by atoms with Crippen LogP contribution in [0, 0.1) is 0 Å². The summed E-state index contributed by atoms with van der Waals surface area (Å²) in [7, 11) is 1.22. The maximum Gasteiger partial charge on any atom is 0.346 e. The highest BCUT2D eigenvalue weighted by atomic mass is 32.2. The van der Waals surface area contributed by atoms with E-state index in [4.69, 9.17) is 4.74 Å². The molecule has 0 fully saturated rings. The molecular formula is C14H15NO5S. The van der Waals surface area contributed by atoms with Gasteiger partial charge in [-0.25, -0.2) is 4.79 Å². The standard InChI is InChI=1S/C14H15NO5S/c1-8(14(18)19-2)20-12(16)7-11-13(17)15-9-5-3-4-6-10(9)21-11/h3-6,8,11H,7H2,1-2H3,(H,15,17)/t8-,11-/m0/s1. The molecule has 0 aromatic heterocycles. The third-order valence-electron chi connectivity index (χ3n) is 2.90. The molecule has 0 radical (unpaired) electrons. The van der Waals surface area contributed by atoms with Crippen LogP contribution in [0.15, 0.2) is 29.2 Å². The summed E-state index contributed by atoms with van der Waals surface area (Å²) in [6.07, 6.45) is -1.09. The zero-order chi connectivity index (χ0) is 15.4. The summed E-state index contributed by atoms with van der Waals surface area (Å²) >= 11 is 1.31. The molecule has 0 unspecified atom stereocenters. The van der Waals surface area contributed by atoms with Crippen molar-refractivity contribution in [1.29, 1.82) is 0 Å². The number of carbonyl (C=O) groups is 3. The number of esters is 2. The van der Waals surface area contributed by atoms with Crippen molar-refractivity contribution in [2.75, 3.05) is 12.4 Å². The normalized spacial score (nSPS) is 18.2. The van der Waals surface area contributed by atoms with Crippen molar-refractivity contribution < 1.29 is 23.9 Å². The maximum absolute atomic E-state index is 11.9. The Morgan fingerprint density at radius 2 is 2.10 bits per heavy atom. The quantitative estimate of drug-likeness (QED) is 0.851. The highest BCUT2D eigenvalue weighted by Gasteiger charge is 2.30. The van der Waals surface area contributed by atoms with Gasteiger partial charge in [0.05, 0.1) is 24.5 Å². The van der Waals surface area contributed by atoms with Crippen molar-refractivity contribution in [2.24, 2.45) is 0 Å². The number of carbonyl (C=O) groups excluding carboxylic acids is 3. The van der Waals surface area contributed by atoms with E-state index in [0.29, 0.717) is 0 Å². The predicted molar refractivity (Wildman–Crippen MR) is 76.9 cm³/mol. The fraction of sp³-hybridized carbons (Fsp3) is 0.357. The lowest BCUT2D eigenvalue weighted by Gasteiger charge is -2.23. The van der Waals surface area contributed by atoms with E-state index in [1.165, 1.54) is 25.8 Å². The van der Waals surface area contributed by atoms with Gasteiger partial charge >= 0.3 is 11.9 Å². The van der Waals surface area contributed by atoms with Crippen LogP contribution in [-0.4, -0.2) is 36.3 Å². The minimum Gasteiger partial charge on any atom is -0.466 e. The van der Waals surface area contributed by atoms with Crippen LogP contribution < -0.4 is 5.32 Å². The van der Waals surface area contributed by atoms with Gasteiger partial charge in [0.25, 0.3) is 0 Å². The average molecular weight is 309 g/mol. The second-order valence-electron chi connectivity index (χ2n) is 4.45. The van der Waals surface area contributed by atoms with Gasteiger partial charge in [-0.2, -0.15) is 0 Å². The van der Waals surface area contributed by atoms with E-state index in [0.717, 1.165) is 10.6 Å². The first-order valence-corrected chi connectivity index (χ1v) is 7.23. The van der Waals surface area contributed by atoms with Gasteiger partial charge < -0.3 is 14.8 Å². The summed E-state index contributed by atoms with van der Waals surface area (Å²) in [5.74, 6) is -1.49. The van der Waals surface area contributed by atoms with E-state index in [9.17, 15) is 14.4 Å². The molecule has 1 aromatic rings. The number of hydrogen-bond donors (Lipinski definition) is 1. The number of thioether (sulfide) groups is 1. The first-order chi connectivity index (χ1) is 10.0. The molecule has 7 heteroatoms. The number of anilines is 1. The lowest BCUT2D eigenvalue weighted by molar-refractivity contribution is -0.164. The van der Waals surface area contributed by atoms with Gasteiger partial charge in [0.2, 0.25) is 5.91 Å². The number of amides is 1. The number of para-hydroxylation sites is 1. The molecule has 2 rings (SSSR count). The Kier molecular flexibility index (Phi) is 4.85. The maximum atomic E-state index is 11.9. The lowest BCUT2D eigenvalue weighted by Crippen LogP contribution is -2.33. The van der Waals surface area contributed by atoms with Crippen LogP contribution in [0.4, 0.5) is 5.69 Å². The van der Waals surface area contributed by atoms with Crippen LogP contribution in [0.5, 0.6) is 0 Å². The molecule has 112 valence electrons. The average Bonchev–Trinajstić information content (AvgIpc) is 2.47. The Morgan fingerprint density at radius 3 is 2.81 bits per heavy atom. The number of rotatable bonds is 4. The zero-order valence-electron chi connectivity index (χ0n) is 11.6. The summed E-state index contributed by atoms with van der Waals surface area (Å²) in [4.78, 5) is 35.8. The molecule has 2 atom stereocenters. The van der Waals surface area contributed by atoms with Gasteiger partial charge in [0.1, 0.15) is 0 Å². The molecule has 6 nitrogen and oxygen atoms in total. The minimum absolute atomic E-state index is 0.105. The van der Waals surface area contributed by atoms with E-state index in [1.54, 1.807) is 6.07 Å². The van der Waals surface area contributed by atoms with Crippen molar-refractivity contribution in [3.05, 3.63) is 24.3 Å². The van der Waals surface area contributed by atoms with E-state index in [1.807, 2.05) is 18.2 Å². The smallest absolute Gasteiger partial charge is 0.346 e. The largest absolute Gasteiger partial charge is 0.466 e. The Bertz CT molecular complexity index is 574. The summed E-state index contributed by atoms with van der Waals surface area (Å²) in [5, 5.41) is 2.17. The van der Waals surface area contributed by atoms with Crippen molar-refractivity contribution in [3.63, 3.8) is 0 Å². The topological polar surface area (TPSA) is 81.7 Å². The molecule has 0 saturated heterocycles. The number of methoxy groups -OCH3 is 1. The Labute approximate surface area is 126 Å². The number of ether oxygens (including phenoxy) is 2. The van der Waals surface area contributed by atoms with Gasteiger partial charge in [-0.1, -0.05) is 12.1 Å². The molecule has 1 aliphatic heterocycles. The first kappa shape index (κ1) is 15.4. The minimum atomic E-state index is -0.980. The van der Waals surface area contributed by atoms with Crippen molar-refractivity contribution in [3.8, 4) is 0 Å². The molecule has 0 aliphatic carbocycles. The van der Waals surface area contributed by atoms with E-state index in [-0.39, 0.29) is 12.3 Å². The molecule has 1 aromatic carbocycles. The third-order valence-corrected chi connectivity index (χ3v) is 4.18. The van der Waals surface area contributed by atoms with Crippen LogP contribution in [0.25, 0.3) is 0 Å². The summed E-state index contributed by atoms with van der Waals surface area (Å²) in [6, 6.07) is 7.35. The van der Waals surface area contributed by atoms with Crippen LogP contribution in [0.3, 0.4) is 0 Å². The SMILES string of the molecule is COC(=O)[C@H](C)OC(=O)C[C@@H]1Sc2ccccc2NC1=O. The van der Waals surface area contributed by atoms with Crippen LogP contribution in [-0.2, 0) is 23.9 Å². The summed E-state index contributed by atoms with van der Waals surface area (Å²) < 4.78 is 9.41. The highest BCUT2D eigenvalue weighted by molar-refractivity contribution is 8.01.